The molecule has 0 saturated carbocycles. The van der Waals surface area contributed by atoms with Crippen molar-refractivity contribution in [1.29, 1.82) is 0 Å². The minimum absolute atomic E-state index is 0.0884. The zero-order valence-corrected chi connectivity index (χ0v) is 9.34. The first-order valence-electron chi connectivity index (χ1n) is 5.08. The van der Waals surface area contributed by atoms with E-state index in [9.17, 15) is 4.79 Å². The molecule has 4 N–H and O–H groups in total. The molecule has 0 radical (unpaired) electrons. The van der Waals surface area contributed by atoms with Crippen LogP contribution in [0.5, 0.6) is 0 Å². The van der Waals surface area contributed by atoms with E-state index >= 15 is 0 Å². The summed E-state index contributed by atoms with van der Waals surface area (Å²) in [7, 11) is 1.87. The first-order chi connectivity index (χ1) is 8.18. The van der Waals surface area contributed by atoms with Gasteiger partial charge in [0.2, 0.25) is 0 Å². The van der Waals surface area contributed by atoms with Gasteiger partial charge in [-0.3, -0.25) is 4.79 Å². The predicted molar refractivity (Wildman–Crippen MR) is 62.5 cm³/mol. The highest BCUT2D eigenvalue weighted by atomic mass is 16.1. The van der Waals surface area contributed by atoms with Gasteiger partial charge >= 0.3 is 0 Å². The summed E-state index contributed by atoms with van der Waals surface area (Å²) in [6, 6.07) is 0. The standard InChI is InChI=1S/C9H13N7O/c1-16-5-14-15-6(16)2-3-11-8-7(10)9(17)13-4-12-8/h4-5H,2-3,10H2,1H3,(H2,11,12,13,17). The fraction of sp³-hybridized carbons (Fsp3) is 0.333. The van der Waals surface area contributed by atoms with Crippen molar-refractivity contribution in [1.82, 2.24) is 24.7 Å². The fourth-order valence-corrected chi connectivity index (χ4v) is 1.38. The minimum atomic E-state index is -0.346. The second-order valence-electron chi connectivity index (χ2n) is 3.53. The highest BCUT2D eigenvalue weighted by molar-refractivity contribution is 5.58. The van der Waals surface area contributed by atoms with E-state index in [0.29, 0.717) is 18.8 Å². The maximum atomic E-state index is 11.2. The van der Waals surface area contributed by atoms with E-state index in [0.717, 1.165) is 5.82 Å². The van der Waals surface area contributed by atoms with Crippen molar-refractivity contribution in [3.8, 4) is 0 Å². The van der Waals surface area contributed by atoms with E-state index < -0.39 is 0 Å². The monoisotopic (exact) mass is 235 g/mol. The van der Waals surface area contributed by atoms with E-state index in [-0.39, 0.29) is 11.2 Å². The van der Waals surface area contributed by atoms with Gasteiger partial charge in [0.25, 0.3) is 5.56 Å². The summed E-state index contributed by atoms with van der Waals surface area (Å²) in [6.45, 7) is 0.577. The SMILES string of the molecule is Cn1cnnc1CCNc1nc[nH]c(=O)c1N. The number of nitrogens with zero attached hydrogens (tertiary/aromatic N) is 4. The summed E-state index contributed by atoms with van der Waals surface area (Å²) in [5, 5.41) is 10.7. The van der Waals surface area contributed by atoms with Gasteiger partial charge in [0, 0.05) is 20.0 Å². The van der Waals surface area contributed by atoms with Gasteiger partial charge in [0.1, 0.15) is 17.8 Å². The van der Waals surface area contributed by atoms with E-state index in [1.165, 1.54) is 6.33 Å². The van der Waals surface area contributed by atoms with Crippen LogP contribution in [-0.4, -0.2) is 31.3 Å². The molecular weight excluding hydrogens is 222 g/mol. The molecule has 0 amide bonds. The van der Waals surface area contributed by atoms with Crippen LogP contribution in [0.25, 0.3) is 0 Å². The number of anilines is 2. The fourth-order valence-electron chi connectivity index (χ4n) is 1.38. The Morgan fingerprint density at radius 2 is 2.41 bits per heavy atom. The Morgan fingerprint density at radius 1 is 1.59 bits per heavy atom. The molecule has 90 valence electrons. The molecule has 0 atom stereocenters. The Labute approximate surface area is 96.9 Å². The number of nitrogens with two attached hydrogens (primary N) is 1. The summed E-state index contributed by atoms with van der Waals surface area (Å²) in [5.41, 5.74) is 5.31. The molecule has 2 aromatic rings. The zero-order valence-electron chi connectivity index (χ0n) is 9.34. The average Bonchev–Trinajstić information content (AvgIpc) is 2.71. The van der Waals surface area contributed by atoms with Crippen LogP contribution in [0.4, 0.5) is 11.5 Å². The van der Waals surface area contributed by atoms with Gasteiger partial charge in [-0.2, -0.15) is 0 Å². The summed E-state index contributed by atoms with van der Waals surface area (Å²) < 4.78 is 1.83. The Morgan fingerprint density at radius 3 is 3.12 bits per heavy atom. The number of aromatic amines is 1. The minimum Gasteiger partial charge on any atom is -0.391 e. The van der Waals surface area contributed by atoms with Crippen LogP contribution in [0.2, 0.25) is 0 Å². The van der Waals surface area contributed by atoms with Crippen molar-refractivity contribution >= 4 is 11.5 Å². The van der Waals surface area contributed by atoms with Crippen LogP contribution < -0.4 is 16.6 Å². The van der Waals surface area contributed by atoms with Gasteiger partial charge < -0.3 is 20.6 Å². The van der Waals surface area contributed by atoms with Crippen molar-refractivity contribution in [3.05, 3.63) is 28.8 Å². The number of aromatic nitrogens is 5. The van der Waals surface area contributed by atoms with Gasteiger partial charge in [-0.05, 0) is 0 Å². The summed E-state index contributed by atoms with van der Waals surface area (Å²) in [5.74, 6) is 1.23. The van der Waals surface area contributed by atoms with Crippen LogP contribution in [0.1, 0.15) is 5.82 Å². The summed E-state index contributed by atoms with van der Waals surface area (Å²) in [6.07, 6.45) is 3.61. The lowest BCUT2D eigenvalue weighted by Gasteiger charge is -2.06. The molecule has 17 heavy (non-hydrogen) atoms. The van der Waals surface area contributed by atoms with Gasteiger partial charge in [-0.15, -0.1) is 10.2 Å². The maximum Gasteiger partial charge on any atom is 0.276 e. The Hall–Kier alpha value is -2.38. The maximum absolute atomic E-state index is 11.2. The molecule has 8 nitrogen and oxygen atoms in total. The molecule has 8 heteroatoms. The number of aryl methyl sites for hydroxylation is 1. The number of hydrogen-bond acceptors (Lipinski definition) is 6. The molecule has 2 aromatic heterocycles. The van der Waals surface area contributed by atoms with Crippen LogP contribution >= 0.6 is 0 Å². The molecule has 0 aromatic carbocycles. The molecule has 0 bridgehead atoms. The topological polar surface area (TPSA) is 115 Å². The lowest BCUT2D eigenvalue weighted by molar-refractivity contribution is 0.787. The lowest BCUT2D eigenvalue weighted by Crippen LogP contribution is -2.17. The Kier molecular flexibility index (Phi) is 3.03. The largest absolute Gasteiger partial charge is 0.391 e. The Bertz CT molecular complexity index is 558. The molecule has 0 spiro atoms. The highest BCUT2D eigenvalue weighted by Gasteiger charge is 2.04. The summed E-state index contributed by atoms with van der Waals surface area (Å²) >= 11 is 0. The lowest BCUT2D eigenvalue weighted by atomic mass is 10.4. The number of H-pyrrole nitrogens is 1. The average molecular weight is 235 g/mol. The Balaban J connectivity index is 1.97. The second-order valence-corrected chi connectivity index (χ2v) is 3.53. The first-order valence-corrected chi connectivity index (χ1v) is 5.08. The molecule has 0 saturated heterocycles. The normalized spacial score (nSPS) is 10.4. The number of rotatable bonds is 4. The van der Waals surface area contributed by atoms with Crippen molar-refractivity contribution in [2.45, 2.75) is 6.42 Å². The van der Waals surface area contributed by atoms with Crippen molar-refractivity contribution in [3.63, 3.8) is 0 Å². The third kappa shape index (κ3) is 2.41. The second kappa shape index (κ2) is 4.64. The molecule has 0 aliphatic rings. The molecular formula is C9H13N7O. The predicted octanol–water partition coefficient (Wildman–Crippen LogP) is -0.865. The van der Waals surface area contributed by atoms with Crippen LogP contribution in [0.15, 0.2) is 17.4 Å². The molecule has 0 aliphatic carbocycles. The zero-order chi connectivity index (χ0) is 12.3. The molecule has 0 unspecified atom stereocenters. The molecule has 2 rings (SSSR count). The van der Waals surface area contributed by atoms with E-state index in [4.69, 9.17) is 5.73 Å². The number of hydrogen-bond donors (Lipinski definition) is 3. The van der Waals surface area contributed by atoms with E-state index in [1.54, 1.807) is 6.33 Å². The van der Waals surface area contributed by atoms with Crippen LogP contribution in [0, 0.1) is 0 Å². The summed E-state index contributed by atoms with van der Waals surface area (Å²) in [4.78, 5) is 17.5. The van der Waals surface area contributed by atoms with Crippen molar-refractivity contribution in [2.75, 3.05) is 17.6 Å². The highest BCUT2D eigenvalue weighted by Crippen LogP contribution is 2.06. The number of nitrogen functional groups attached to an aromatic ring is 1. The van der Waals surface area contributed by atoms with Gasteiger partial charge in [0.05, 0.1) is 6.33 Å². The number of nitrogens with one attached hydrogen (secondary N) is 2. The van der Waals surface area contributed by atoms with Crippen molar-refractivity contribution in [2.24, 2.45) is 7.05 Å². The third-order valence-corrected chi connectivity index (χ3v) is 2.34. The van der Waals surface area contributed by atoms with E-state index in [1.807, 2.05) is 11.6 Å². The molecule has 0 aliphatic heterocycles. The first kappa shape index (κ1) is 11.1. The van der Waals surface area contributed by atoms with Crippen LogP contribution in [0.3, 0.4) is 0 Å². The quantitative estimate of drug-likeness (QED) is 0.635. The van der Waals surface area contributed by atoms with Crippen molar-refractivity contribution < 1.29 is 0 Å². The van der Waals surface area contributed by atoms with Gasteiger partial charge in [-0.1, -0.05) is 0 Å². The van der Waals surface area contributed by atoms with Crippen LogP contribution in [-0.2, 0) is 13.5 Å². The third-order valence-electron chi connectivity index (χ3n) is 2.34. The molecule has 2 heterocycles. The van der Waals surface area contributed by atoms with Gasteiger partial charge in [0.15, 0.2) is 5.82 Å². The van der Waals surface area contributed by atoms with E-state index in [2.05, 4.69) is 25.5 Å². The van der Waals surface area contributed by atoms with Gasteiger partial charge in [-0.25, -0.2) is 4.98 Å². The molecule has 0 fully saturated rings. The smallest absolute Gasteiger partial charge is 0.276 e.